The quantitative estimate of drug-likeness (QED) is 0.469. The van der Waals surface area contributed by atoms with E-state index >= 15 is 0 Å². The van der Waals surface area contributed by atoms with E-state index in [1.807, 2.05) is 0 Å². The summed E-state index contributed by atoms with van der Waals surface area (Å²) in [7, 11) is 0. The molecule has 0 N–H and O–H groups in total. The molecule has 0 heterocycles. The van der Waals surface area contributed by atoms with Gasteiger partial charge in [-0.1, -0.05) is 47.0 Å². The van der Waals surface area contributed by atoms with Gasteiger partial charge >= 0.3 is 0 Å². The first-order chi connectivity index (χ1) is 8.75. The molecule has 0 radical (unpaired) electrons. The lowest BCUT2D eigenvalue weighted by atomic mass is 10.0. The van der Waals surface area contributed by atoms with E-state index in [2.05, 4.69) is 48.0 Å². The van der Waals surface area contributed by atoms with Gasteiger partial charge in [-0.25, -0.2) is 0 Å². The zero-order valence-electron chi connectivity index (χ0n) is 11.7. The Kier molecular flexibility index (Phi) is 8.36. The van der Waals surface area contributed by atoms with Crippen molar-refractivity contribution in [3.63, 3.8) is 0 Å². The Labute approximate surface area is 120 Å². The van der Waals surface area contributed by atoms with Crippen molar-refractivity contribution in [1.82, 2.24) is 0 Å². The van der Waals surface area contributed by atoms with Crippen molar-refractivity contribution < 1.29 is 4.74 Å². The molecule has 0 aliphatic heterocycles. The summed E-state index contributed by atoms with van der Waals surface area (Å²) in [6.07, 6.45) is 6.11. The van der Waals surface area contributed by atoms with Crippen molar-refractivity contribution in [2.45, 2.75) is 46.0 Å². The van der Waals surface area contributed by atoms with Crippen LogP contribution in [0.15, 0.2) is 18.2 Å². The van der Waals surface area contributed by atoms with Crippen LogP contribution in [0.2, 0.25) is 0 Å². The fraction of sp³-hybridized carbons (Fsp3) is 0.625. The van der Waals surface area contributed by atoms with Crippen LogP contribution in [0.5, 0.6) is 0 Å². The number of benzene rings is 1. The Morgan fingerprint density at radius 2 is 1.61 bits per heavy atom. The lowest BCUT2D eigenvalue weighted by molar-refractivity contribution is 0.132. The van der Waals surface area contributed by atoms with E-state index in [9.17, 15) is 0 Å². The second-order valence-electron chi connectivity index (χ2n) is 4.84. The Morgan fingerprint density at radius 1 is 0.944 bits per heavy atom. The fourth-order valence-electron chi connectivity index (χ4n) is 2.17. The standard InChI is InChI=1S/C16H25BrO/c1-14-8-7-9-15(2)16(14)10-13-18-12-6-4-3-5-11-17/h7-9H,3-6,10-13H2,1-2H3. The van der Waals surface area contributed by atoms with E-state index in [1.165, 1.54) is 42.4 Å². The molecule has 18 heavy (non-hydrogen) atoms. The first kappa shape index (κ1) is 15.7. The number of halogens is 1. The summed E-state index contributed by atoms with van der Waals surface area (Å²) >= 11 is 3.45. The van der Waals surface area contributed by atoms with Gasteiger partial charge in [0.05, 0.1) is 6.61 Å². The number of ether oxygens (including phenoxy) is 1. The number of unbranched alkanes of at least 4 members (excludes halogenated alkanes) is 3. The molecular formula is C16H25BrO. The highest BCUT2D eigenvalue weighted by Gasteiger charge is 2.01. The molecule has 0 saturated carbocycles. The van der Waals surface area contributed by atoms with E-state index in [0.29, 0.717) is 0 Å². The topological polar surface area (TPSA) is 9.23 Å². The van der Waals surface area contributed by atoms with E-state index in [0.717, 1.165) is 25.0 Å². The second-order valence-corrected chi connectivity index (χ2v) is 5.63. The first-order valence-electron chi connectivity index (χ1n) is 6.94. The van der Waals surface area contributed by atoms with Crippen molar-refractivity contribution in [3.8, 4) is 0 Å². The minimum Gasteiger partial charge on any atom is -0.381 e. The minimum atomic E-state index is 0.851. The Balaban J connectivity index is 2.11. The predicted molar refractivity (Wildman–Crippen MR) is 82.7 cm³/mol. The molecule has 1 aromatic carbocycles. The van der Waals surface area contributed by atoms with Crippen LogP contribution in [-0.2, 0) is 11.2 Å². The molecule has 2 heteroatoms. The van der Waals surface area contributed by atoms with Gasteiger partial charge < -0.3 is 4.74 Å². The molecule has 0 aliphatic rings. The summed E-state index contributed by atoms with van der Waals surface area (Å²) in [5, 5.41) is 1.13. The molecule has 0 saturated heterocycles. The molecule has 0 aromatic heterocycles. The number of rotatable bonds is 9. The van der Waals surface area contributed by atoms with E-state index in [-0.39, 0.29) is 0 Å². The number of alkyl halides is 1. The third kappa shape index (κ3) is 6.01. The Bertz CT molecular complexity index is 316. The van der Waals surface area contributed by atoms with Crippen molar-refractivity contribution in [2.24, 2.45) is 0 Å². The molecule has 1 rings (SSSR count). The third-order valence-electron chi connectivity index (χ3n) is 3.31. The molecular weight excluding hydrogens is 288 g/mol. The Morgan fingerprint density at radius 3 is 2.28 bits per heavy atom. The summed E-state index contributed by atoms with van der Waals surface area (Å²) in [6, 6.07) is 6.49. The summed E-state index contributed by atoms with van der Waals surface area (Å²) in [4.78, 5) is 0. The SMILES string of the molecule is Cc1cccc(C)c1CCOCCCCCCBr. The molecule has 1 aromatic rings. The summed E-state index contributed by atoms with van der Waals surface area (Å²) < 4.78 is 5.72. The molecule has 0 fully saturated rings. The predicted octanol–water partition coefficient (Wildman–Crippen LogP) is 4.82. The van der Waals surface area contributed by atoms with Gasteiger partial charge in [-0.15, -0.1) is 0 Å². The number of aryl methyl sites for hydroxylation is 2. The molecule has 0 unspecified atom stereocenters. The summed E-state index contributed by atoms with van der Waals surface area (Å²) in [5.74, 6) is 0. The van der Waals surface area contributed by atoms with E-state index < -0.39 is 0 Å². The lowest BCUT2D eigenvalue weighted by Gasteiger charge is -2.10. The average molecular weight is 313 g/mol. The van der Waals surface area contributed by atoms with Gasteiger partial charge in [-0.3, -0.25) is 0 Å². The molecule has 102 valence electrons. The minimum absolute atomic E-state index is 0.851. The average Bonchev–Trinajstić information content (AvgIpc) is 2.35. The lowest BCUT2D eigenvalue weighted by Crippen LogP contribution is -2.03. The zero-order chi connectivity index (χ0) is 13.2. The van der Waals surface area contributed by atoms with Crippen LogP contribution < -0.4 is 0 Å². The van der Waals surface area contributed by atoms with Crippen LogP contribution in [-0.4, -0.2) is 18.5 Å². The van der Waals surface area contributed by atoms with Gasteiger partial charge in [0.2, 0.25) is 0 Å². The summed E-state index contributed by atoms with van der Waals surface area (Å²) in [6.45, 7) is 6.13. The van der Waals surface area contributed by atoms with E-state index in [4.69, 9.17) is 4.74 Å². The maximum Gasteiger partial charge on any atom is 0.0506 e. The maximum absolute atomic E-state index is 5.72. The highest BCUT2D eigenvalue weighted by Crippen LogP contribution is 2.13. The largest absolute Gasteiger partial charge is 0.381 e. The smallest absolute Gasteiger partial charge is 0.0506 e. The van der Waals surface area contributed by atoms with Crippen LogP contribution in [0.4, 0.5) is 0 Å². The molecule has 0 aliphatic carbocycles. The molecule has 0 spiro atoms. The van der Waals surface area contributed by atoms with Crippen LogP contribution in [0.3, 0.4) is 0 Å². The molecule has 0 bridgehead atoms. The van der Waals surface area contributed by atoms with Crippen LogP contribution in [0, 0.1) is 13.8 Å². The van der Waals surface area contributed by atoms with Crippen molar-refractivity contribution in [2.75, 3.05) is 18.5 Å². The van der Waals surface area contributed by atoms with Crippen LogP contribution in [0.25, 0.3) is 0 Å². The highest BCUT2D eigenvalue weighted by atomic mass is 79.9. The van der Waals surface area contributed by atoms with Gasteiger partial charge in [-0.2, -0.15) is 0 Å². The second kappa shape index (κ2) is 9.57. The summed E-state index contributed by atoms with van der Waals surface area (Å²) in [5.41, 5.74) is 4.23. The van der Waals surface area contributed by atoms with Gasteiger partial charge in [-0.05, 0) is 49.8 Å². The van der Waals surface area contributed by atoms with Crippen LogP contribution in [0.1, 0.15) is 42.4 Å². The van der Waals surface area contributed by atoms with Gasteiger partial charge in [0, 0.05) is 11.9 Å². The highest BCUT2D eigenvalue weighted by molar-refractivity contribution is 9.09. The zero-order valence-corrected chi connectivity index (χ0v) is 13.3. The normalized spacial score (nSPS) is 10.8. The van der Waals surface area contributed by atoms with Crippen molar-refractivity contribution >= 4 is 15.9 Å². The van der Waals surface area contributed by atoms with Crippen LogP contribution >= 0.6 is 15.9 Å². The first-order valence-corrected chi connectivity index (χ1v) is 8.06. The molecule has 0 atom stereocenters. The number of hydrogen-bond acceptors (Lipinski definition) is 1. The number of hydrogen-bond donors (Lipinski definition) is 0. The van der Waals surface area contributed by atoms with Gasteiger partial charge in [0.25, 0.3) is 0 Å². The molecule has 0 amide bonds. The van der Waals surface area contributed by atoms with E-state index in [1.54, 1.807) is 0 Å². The van der Waals surface area contributed by atoms with Gasteiger partial charge in [0.15, 0.2) is 0 Å². The third-order valence-corrected chi connectivity index (χ3v) is 3.87. The van der Waals surface area contributed by atoms with Gasteiger partial charge in [0.1, 0.15) is 0 Å². The molecule has 1 nitrogen and oxygen atoms in total. The van der Waals surface area contributed by atoms with Crippen molar-refractivity contribution in [1.29, 1.82) is 0 Å². The fourth-order valence-corrected chi connectivity index (χ4v) is 2.57. The Hall–Kier alpha value is -0.340. The maximum atomic E-state index is 5.72. The monoisotopic (exact) mass is 312 g/mol. The van der Waals surface area contributed by atoms with Crippen molar-refractivity contribution in [3.05, 3.63) is 34.9 Å².